The summed E-state index contributed by atoms with van der Waals surface area (Å²) in [6.07, 6.45) is 0.853. The van der Waals surface area contributed by atoms with E-state index in [1.165, 1.54) is 23.7 Å². The highest BCUT2D eigenvalue weighted by atomic mass is 16.7. The number of allylic oxidation sites excluding steroid dienone is 1. The highest BCUT2D eigenvalue weighted by Gasteiger charge is 2.60. The largest absolute Gasteiger partial charge is 0.458 e. The number of aromatic nitrogens is 5. The zero-order valence-electron chi connectivity index (χ0n) is 35.6. The normalized spacial score (nSPS) is 36.8. The summed E-state index contributed by atoms with van der Waals surface area (Å²) in [4.78, 5) is 65.7. The number of nitrogens with zero attached hydrogens (tertiary/aromatic N) is 7. The van der Waals surface area contributed by atoms with Crippen molar-refractivity contribution in [3.8, 4) is 11.5 Å². The minimum Gasteiger partial charge on any atom is -0.458 e. The van der Waals surface area contributed by atoms with Crippen LogP contribution in [-0.2, 0) is 44.6 Å². The minimum atomic E-state index is -1.46. The van der Waals surface area contributed by atoms with Crippen LogP contribution in [0.1, 0.15) is 74.7 Å². The van der Waals surface area contributed by atoms with Crippen LogP contribution in [0.15, 0.2) is 36.5 Å². The number of esters is 1. The lowest BCUT2D eigenvalue weighted by Gasteiger charge is -2.47. The first-order chi connectivity index (χ1) is 27.4. The Labute approximate surface area is 340 Å². The number of fused-ring (bicyclic) bond motifs is 1. The fourth-order valence-electron chi connectivity index (χ4n) is 8.94. The molecular weight excluding hydrogens is 750 g/mol. The van der Waals surface area contributed by atoms with Gasteiger partial charge in [-0.25, -0.2) is 4.79 Å². The quantitative estimate of drug-likeness (QED) is 0.208. The number of rotatable bonds is 10. The number of Topliss-reactive ketones (excluding diaryl/α,β-unsaturated/α-hetero) is 2. The Kier molecular flexibility index (Phi) is 14.3. The number of carbonyl (C=O) groups excluding carboxylic acids is 4. The van der Waals surface area contributed by atoms with E-state index in [1.807, 2.05) is 32.0 Å². The number of aliphatic hydroxyl groups excluding tert-OH is 1. The van der Waals surface area contributed by atoms with Crippen LogP contribution in [-0.4, -0.2) is 145 Å². The molecule has 5 heterocycles. The number of aliphatic hydroxyl groups is 1. The van der Waals surface area contributed by atoms with Gasteiger partial charge in [0.15, 0.2) is 17.7 Å². The highest BCUT2D eigenvalue weighted by Crippen LogP contribution is 2.43. The molecule has 13 atom stereocenters. The zero-order valence-corrected chi connectivity index (χ0v) is 35.6. The SMILES string of the molecule is CC[C@H]1OC(=O)[C@H](C)C(=O)[C@H](C)[C@@H](O[C@@H]2O[C@H](C)CC(N(C)C)C2O)[C@](C)(OC)C[C@@H](C)C(=O)[C@H](C)[C@H]2N(C/C=C/Cn3nnc(-c4ccccn4)n3)C(=O)O[C@]12C. The van der Waals surface area contributed by atoms with E-state index in [1.54, 1.807) is 72.0 Å². The Morgan fingerprint density at radius 2 is 1.72 bits per heavy atom. The second-order valence-corrected chi connectivity index (χ2v) is 16.7. The van der Waals surface area contributed by atoms with E-state index in [4.69, 9.17) is 23.7 Å². The van der Waals surface area contributed by atoms with Gasteiger partial charge in [0, 0.05) is 43.6 Å². The maximum absolute atomic E-state index is 14.7. The van der Waals surface area contributed by atoms with Crippen molar-refractivity contribution < 1.29 is 48.0 Å². The minimum absolute atomic E-state index is 0.0610. The number of cyclic esters (lactones) is 1. The Hall–Kier alpha value is -4.16. The molecule has 2 aromatic rings. The Morgan fingerprint density at radius 1 is 1.02 bits per heavy atom. The van der Waals surface area contributed by atoms with E-state index >= 15 is 0 Å². The van der Waals surface area contributed by atoms with Crippen molar-refractivity contribution in [2.45, 2.75) is 135 Å². The lowest BCUT2D eigenvalue weighted by Crippen LogP contribution is -2.60. The van der Waals surface area contributed by atoms with Crippen molar-refractivity contribution in [3.05, 3.63) is 36.5 Å². The van der Waals surface area contributed by atoms with E-state index in [-0.39, 0.29) is 43.9 Å². The third kappa shape index (κ3) is 9.18. The maximum Gasteiger partial charge on any atom is 0.411 e. The molecule has 1 N–H and O–H groups in total. The van der Waals surface area contributed by atoms with Crippen molar-refractivity contribution in [2.24, 2.45) is 23.7 Å². The standard InChI is InChI=1S/C41H61N7O10/c1-12-30-41(8)34(47(39(53)58-41)19-15-16-20-48-44-36(43-45-48)28-17-13-14-18-42-28)25(4)31(49)23(2)22-40(7,54-11)35(26(5)32(50)27(6)37(52)56-30)57-38-33(51)29(46(9)10)21-24(3)55-38/h13-18,23-27,29-30,33-35,38,51H,12,19-22H2,1-11H3/b16-15+/t23-,24-,25+,26+,27-,29?,30-,33?,34-,35-,38+,40-,41-/m1/s1. The van der Waals surface area contributed by atoms with Crippen LogP contribution in [0.4, 0.5) is 4.79 Å². The zero-order chi connectivity index (χ0) is 42.7. The van der Waals surface area contributed by atoms with Gasteiger partial charge in [0.2, 0.25) is 5.82 Å². The second-order valence-electron chi connectivity index (χ2n) is 16.7. The molecular formula is C41H61N7O10. The summed E-state index contributed by atoms with van der Waals surface area (Å²) in [6, 6.07) is 4.24. The summed E-state index contributed by atoms with van der Waals surface area (Å²) in [6.45, 7) is 14.1. The van der Waals surface area contributed by atoms with Gasteiger partial charge < -0.3 is 33.7 Å². The van der Waals surface area contributed by atoms with Gasteiger partial charge in [-0.15, -0.1) is 10.2 Å². The first-order valence-electron chi connectivity index (χ1n) is 20.2. The summed E-state index contributed by atoms with van der Waals surface area (Å²) >= 11 is 0. The highest BCUT2D eigenvalue weighted by molar-refractivity contribution is 6.00. The van der Waals surface area contributed by atoms with Crippen molar-refractivity contribution in [1.29, 1.82) is 0 Å². The van der Waals surface area contributed by atoms with Crippen LogP contribution in [0.2, 0.25) is 0 Å². The molecule has 3 aliphatic rings. The number of carbonyl (C=O) groups is 4. The number of tetrazole rings is 1. The van der Waals surface area contributed by atoms with Crippen LogP contribution in [0, 0.1) is 23.7 Å². The predicted octanol–water partition coefficient (Wildman–Crippen LogP) is 3.50. The molecule has 17 nitrogen and oxygen atoms in total. The summed E-state index contributed by atoms with van der Waals surface area (Å²) in [5.41, 5.74) is -2.17. The van der Waals surface area contributed by atoms with E-state index in [0.717, 1.165) is 0 Å². The molecule has 2 aromatic heterocycles. The van der Waals surface area contributed by atoms with Gasteiger partial charge >= 0.3 is 12.1 Å². The molecule has 1 amide bonds. The third-order valence-electron chi connectivity index (χ3n) is 12.2. The molecule has 320 valence electrons. The number of pyridine rings is 1. The Balaban J connectivity index is 1.46. The van der Waals surface area contributed by atoms with E-state index in [9.17, 15) is 24.3 Å². The topological polar surface area (TPSA) is 198 Å². The van der Waals surface area contributed by atoms with Crippen LogP contribution in [0.25, 0.3) is 11.5 Å². The average molecular weight is 812 g/mol. The monoisotopic (exact) mass is 811 g/mol. The fourth-order valence-corrected chi connectivity index (χ4v) is 8.94. The molecule has 58 heavy (non-hydrogen) atoms. The molecule has 0 aliphatic carbocycles. The predicted molar refractivity (Wildman–Crippen MR) is 210 cm³/mol. The summed E-state index contributed by atoms with van der Waals surface area (Å²) in [7, 11) is 5.21. The summed E-state index contributed by atoms with van der Waals surface area (Å²) in [5, 5.41) is 24.0. The molecule has 3 aliphatic heterocycles. The molecule has 0 radical (unpaired) electrons. The van der Waals surface area contributed by atoms with Gasteiger partial charge in [-0.05, 0) is 78.4 Å². The van der Waals surface area contributed by atoms with Gasteiger partial charge in [-0.1, -0.05) is 45.9 Å². The number of methoxy groups -OCH3 is 1. The van der Waals surface area contributed by atoms with Crippen LogP contribution in [0.5, 0.6) is 0 Å². The summed E-state index contributed by atoms with van der Waals surface area (Å²) in [5.74, 6) is -4.81. The van der Waals surface area contributed by atoms with Gasteiger partial charge in [0.25, 0.3) is 0 Å². The smallest absolute Gasteiger partial charge is 0.411 e. The lowest BCUT2D eigenvalue weighted by molar-refractivity contribution is -0.295. The molecule has 17 heteroatoms. The molecule has 3 saturated heterocycles. The Morgan fingerprint density at radius 3 is 2.36 bits per heavy atom. The van der Waals surface area contributed by atoms with Crippen molar-refractivity contribution >= 4 is 23.6 Å². The van der Waals surface area contributed by atoms with Crippen LogP contribution in [0.3, 0.4) is 0 Å². The van der Waals surface area contributed by atoms with Gasteiger partial charge in [-0.2, -0.15) is 4.80 Å². The molecule has 3 fully saturated rings. The molecule has 0 bridgehead atoms. The van der Waals surface area contributed by atoms with Crippen molar-refractivity contribution in [3.63, 3.8) is 0 Å². The molecule has 0 spiro atoms. The number of amides is 1. The Bertz CT molecular complexity index is 1790. The number of hydrogen-bond acceptors (Lipinski definition) is 15. The number of hydrogen-bond donors (Lipinski definition) is 1. The first kappa shape index (κ1) is 44.9. The van der Waals surface area contributed by atoms with E-state index < -0.39 is 83.4 Å². The molecule has 2 unspecified atom stereocenters. The van der Waals surface area contributed by atoms with E-state index in [2.05, 4.69) is 20.4 Å². The average Bonchev–Trinajstić information content (AvgIpc) is 3.78. The van der Waals surface area contributed by atoms with Crippen molar-refractivity contribution in [2.75, 3.05) is 27.7 Å². The number of likely N-dealkylation sites (N-methyl/N-ethyl adjacent to an activating group) is 1. The molecule has 0 saturated carbocycles. The summed E-state index contributed by atoms with van der Waals surface area (Å²) < 4.78 is 31.1. The third-order valence-corrected chi connectivity index (χ3v) is 12.2. The number of ether oxygens (including phenoxy) is 5. The maximum atomic E-state index is 14.7. The lowest BCUT2D eigenvalue weighted by atomic mass is 9.73. The second kappa shape index (κ2) is 18.4. The van der Waals surface area contributed by atoms with Gasteiger partial charge in [0.05, 0.1) is 30.4 Å². The fraction of sp³-hybridized carbons (Fsp3) is 0.707. The van der Waals surface area contributed by atoms with E-state index in [0.29, 0.717) is 17.9 Å². The molecule has 5 rings (SSSR count). The number of ketones is 2. The van der Waals surface area contributed by atoms with Crippen LogP contribution < -0.4 is 0 Å². The van der Waals surface area contributed by atoms with Crippen molar-refractivity contribution in [1.82, 2.24) is 35.0 Å². The molecule has 0 aromatic carbocycles. The van der Waals surface area contributed by atoms with Gasteiger partial charge in [-0.3, -0.25) is 24.3 Å². The van der Waals surface area contributed by atoms with Gasteiger partial charge in [0.1, 0.15) is 29.6 Å². The first-order valence-corrected chi connectivity index (χ1v) is 20.2. The van der Waals surface area contributed by atoms with Crippen LogP contribution >= 0.6 is 0 Å².